The molecule has 1 aromatic heterocycles. The Morgan fingerprint density at radius 1 is 1.39 bits per heavy atom. The van der Waals surface area contributed by atoms with Gasteiger partial charge in [0, 0.05) is 12.3 Å². The molecular formula is C8H10F3N5OS. The Morgan fingerprint density at radius 2 is 2.11 bits per heavy atom. The zero-order valence-corrected chi connectivity index (χ0v) is 9.81. The van der Waals surface area contributed by atoms with Crippen molar-refractivity contribution in [1.82, 2.24) is 15.5 Å². The Bertz CT molecular complexity index is 397. The molecule has 1 rings (SSSR count). The molecule has 1 amide bonds. The number of halogens is 3. The van der Waals surface area contributed by atoms with E-state index in [1.165, 1.54) is 12.1 Å². The maximum atomic E-state index is 11.8. The standard InChI is InChI=1S/C8H10F3N5OS/c9-8(10,11)18-4-3-13-7(17)5-1-2-6(14-12)16-15-5/h1-2H,3-4,12H2,(H,13,17)(H,14,16). The van der Waals surface area contributed by atoms with Crippen LogP contribution in [0.3, 0.4) is 0 Å². The third-order valence-electron chi connectivity index (χ3n) is 1.70. The van der Waals surface area contributed by atoms with E-state index in [1.54, 1.807) is 0 Å². The number of carbonyl (C=O) groups is 1. The summed E-state index contributed by atoms with van der Waals surface area (Å²) in [5.74, 6) is 4.48. The van der Waals surface area contributed by atoms with E-state index in [0.29, 0.717) is 0 Å². The number of nitrogens with zero attached hydrogens (tertiary/aromatic N) is 2. The molecule has 0 aliphatic carbocycles. The van der Waals surface area contributed by atoms with Crippen LogP contribution in [0.4, 0.5) is 19.0 Å². The van der Waals surface area contributed by atoms with Crippen LogP contribution in [-0.4, -0.2) is 33.9 Å². The van der Waals surface area contributed by atoms with Crippen LogP contribution in [0.2, 0.25) is 0 Å². The summed E-state index contributed by atoms with van der Waals surface area (Å²) in [5.41, 5.74) is -2.06. The van der Waals surface area contributed by atoms with E-state index in [9.17, 15) is 18.0 Å². The van der Waals surface area contributed by atoms with E-state index in [1.807, 2.05) is 0 Å². The summed E-state index contributed by atoms with van der Waals surface area (Å²) in [5, 5.41) is 9.39. The van der Waals surface area contributed by atoms with E-state index in [4.69, 9.17) is 5.84 Å². The predicted octanol–water partition coefficient (Wildman–Crippen LogP) is 0.745. The Balaban J connectivity index is 2.36. The molecule has 1 heterocycles. The summed E-state index contributed by atoms with van der Waals surface area (Å²) in [7, 11) is 0. The molecule has 18 heavy (non-hydrogen) atoms. The molecule has 100 valence electrons. The largest absolute Gasteiger partial charge is 0.441 e. The molecule has 0 aliphatic heterocycles. The number of thioether (sulfide) groups is 1. The molecule has 0 atom stereocenters. The predicted molar refractivity (Wildman–Crippen MR) is 60.7 cm³/mol. The number of amides is 1. The molecule has 0 fully saturated rings. The average molecular weight is 281 g/mol. The van der Waals surface area contributed by atoms with Crippen LogP contribution in [0.15, 0.2) is 12.1 Å². The number of aromatic nitrogens is 2. The Kier molecular flexibility index (Phi) is 5.16. The summed E-state index contributed by atoms with van der Waals surface area (Å²) in [6, 6.07) is 2.78. The topological polar surface area (TPSA) is 92.9 Å². The van der Waals surface area contributed by atoms with Gasteiger partial charge in [-0.25, -0.2) is 5.84 Å². The second-order valence-electron chi connectivity index (χ2n) is 3.00. The molecule has 0 bridgehead atoms. The molecule has 10 heteroatoms. The van der Waals surface area contributed by atoms with Gasteiger partial charge in [-0.3, -0.25) is 4.79 Å². The second kappa shape index (κ2) is 6.40. The SMILES string of the molecule is NNc1ccc(C(=O)NCCSC(F)(F)F)nn1. The molecule has 0 aromatic carbocycles. The van der Waals surface area contributed by atoms with Crippen molar-refractivity contribution in [3.63, 3.8) is 0 Å². The summed E-state index contributed by atoms with van der Waals surface area (Å²) < 4.78 is 35.4. The van der Waals surface area contributed by atoms with Crippen molar-refractivity contribution in [2.24, 2.45) is 5.84 Å². The maximum absolute atomic E-state index is 11.8. The van der Waals surface area contributed by atoms with Crippen LogP contribution >= 0.6 is 11.8 Å². The maximum Gasteiger partial charge on any atom is 0.441 e. The molecule has 1 aromatic rings. The molecule has 0 saturated carbocycles. The van der Waals surface area contributed by atoms with Crippen molar-refractivity contribution in [2.75, 3.05) is 17.7 Å². The molecule has 0 unspecified atom stereocenters. The number of hydrazine groups is 1. The first kappa shape index (κ1) is 14.5. The number of rotatable bonds is 5. The fraction of sp³-hybridized carbons (Fsp3) is 0.375. The molecule has 0 saturated heterocycles. The van der Waals surface area contributed by atoms with Crippen molar-refractivity contribution in [3.8, 4) is 0 Å². The van der Waals surface area contributed by atoms with Crippen LogP contribution in [0.1, 0.15) is 10.5 Å². The molecular weight excluding hydrogens is 271 g/mol. The van der Waals surface area contributed by atoms with Crippen LogP contribution in [0.25, 0.3) is 0 Å². The minimum absolute atomic E-state index is 0.00556. The van der Waals surface area contributed by atoms with Crippen molar-refractivity contribution in [1.29, 1.82) is 0 Å². The Hall–Kier alpha value is -1.55. The normalized spacial score (nSPS) is 11.1. The first-order valence-corrected chi connectivity index (χ1v) is 5.70. The summed E-state index contributed by atoms with van der Waals surface area (Å²) >= 11 is -0.200. The lowest BCUT2D eigenvalue weighted by Gasteiger charge is -2.06. The third kappa shape index (κ3) is 5.19. The molecule has 4 N–H and O–H groups in total. The fourth-order valence-electron chi connectivity index (χ4n) is 0.952. The van der Waals surface area contributed by atoms with E-state index in [2.05, 4.69) is 20.9 Å². The zero-order chi connectivity index (χ0) is 13.6. The molecule has 0 aliphatic rings. The number of nitrogen functional groups attached to an aromatic ring is 1. The van der Waals surface area contributed by atoms with Crippen molar-refractivity contribution in [2.45, 2.75) is 5.51 Å². The lowest BCUT2D eigenvalue weighted by atomic mass is 10.3. The monoisotopic (exact) mass is 281 g/mol. The third-order valence-corrected chi connectivity index (χ3v) is 2.43. The summed E-state index contributed by atoms with van der Waals surface area (Å²) in [6.45, 7) is -0.110. The lowest BCUT2D eigenvalue weighted by molar-refractivity contribution is -0.0327. The van der Waals surface area contributed by atoms with Gasteiger partial charge < -0.3 is 10.7 Å². The minimum Gasteiger partial charge on any atom is -0.350 e. The van der Waals surface area contributed by atoms with Crippen molar-refractivity contribution >= 4 is 23.5 Å². The second-order valence-corrected chi connectivity index (χ2v) is 4.16. The molecule has 0 spiro atoms. The van der Waals surface area contributed by atoms with Gasteiger partial charge in [0.25, 0.3) is 5.91 Å². The van der Waals surface area contributed by atoms with Crippen molar-refractivity contribution < 1.29 is 18.0 Å². The van der Waals surface area contributed by atoms with Gasteiger partial charge in [-0.05, 0) is 23.9 Å². The van der Waals surface area contributed by atoms with Gasteiger partial charge in [-0.1, -0.05) is 0 Å². The average Bonchev–Trinajstić information content (AvgIpc) is 2.33. The highest BCUT2D eigenvalue weighted by atomic mass is 32.2. The van der Waals surface area contributed by atoms with Gasteiger partial charge in [-0.2, -0.15) is 13.2 Å². The van der Waals surface area contributed by atoms with Crippen LogP contribution < -0.4 is 16.6 Å². The smallest absolute Gasteiger partial charge is 0.350 e. The molecule has 6 nitrogen and oxygen atoms in total. The quantitative estimate of drug-likeness (QED) is 0.419. The first-order chi connectivity index (χ1) is 8.42. The number of carbonyl (C=O) groups excluding carboxylic acids is 1. The van der Waals surface area contributed by atoms with E-state index >= 15 is 0 Å². The number of hydrogen-bond donors (Lipinski definition) is 3. The van der Waals surface area contributed by atoms with Gasteiger partial charge in [-0.15, -0.1) is 10.2 Å². The van der Waals surface area contributed by atoms with Gasteiger partial charge in [0.1, 0.15) is 0 Å². The Morgan fingerprint density at radius 3 is 2.61 bits per heavy atom. The fourth-order valence-corrected chi connectivity index (χ4v) is 1.39. The van der Waals surface area contributed by atoms with Crippen LogP contribution in [0, 0.1) is 0 Å². The van der Waals surface area contributed by atoms with Gasteiger partial charge in [0.15, 0.2) is 11.5 Å². The van der Waals surface area contributed by atoms with Gasteiger partial charge >= 0.3 is 5.51 Å². The van der Waals surface area contributed by atoms with Crippen LogP contribution in [0.5, 0.6) is 0 Å². The summed E-state index contributed by atoms with van der Waals surface area (Å²) in [4.78, 5) is 11.4. The first-order valence-electron chi connectivity index (χ1n) is 4.71. The van der Waals surface area contributed by atoms with Gasteiger partial charge in [0.05, 0.1) is 0 Å². The number of anilines is 1. The minimum atomic E-state index is -4.29. The van der Waals surface area contributed by atoms with Gasteiger partial charge in [0.2, 0.25) is 0 Å². The zero-order valence-electron chi connectivity index (χ0n) is 8.99. The van der Waals surface area contributed by atoms with E-state index < -0.39 is 11.4 Å². The number of nitrogens with one attached hydrogen (secondary N) is 2. The van der Waals surface area contributed by atoms with Crippen molar-refractivity contribution in [3.05, 3.63) is 17.8 Å². The van der Waals surface area contributed by atoms with E-state index in [0.717, 1.165) is 0 Å². The number of nitrogens with two attached hydrogens (primary N) is 1. The number of hydrogen-bond acceptors (Lipinski definition) is 6. The molecule has 0 radical (unpaired) electrons. The van der Waals surface area contributed by atoms with Crippen LogP contribution in [-0.2, 0) is 0 Å². The highest BCUT2D eigenvalue weighted by molar-refractivity contribution is 8.00. The van der Waals surface area contributed by atoms with E-state index in [-0.39, 0.29) is 35.6 Å². The highest BCUT2D eigenvalue weighted by Crippen LogP contribution is 2.29. The highest BCUT2D eigenvalue weighted by Gasteiger charge is 2.27. The number of alkyl halides is 3. The lowest BCUT2D eigenvalue weighted by Crippen LogP contribution is -2.27. The summed E-state index contributed by atoms with van der Waals surface area (Å²) in [6.07, 6.45) is 0. The Labute approximate surface area is 104 Å².